The average molecular weight is 214 g/mol. The van der Waals surface area contributed by atoms with Gasteiger partial charge in [-0.1, -0.05) is 12.8 Å². The van der Waals surface area contributed by atoms with Crippen molar-refractivity contribution in [2.24, 2.45) is 11.8 Å². The van der Waals surface area contributed by atoms with Crippen molar-refractivity contribution < 1.29 is 24.2 Å². The van der Waals surface area contributed by atoms with Gasteiger partial charge in [0.2, 0.25) is 6.29 Å². The summed E-state index contributed by atoms with van der Waals surface area (Å²) in [5.74, 6) is -2.37. The number of carbonyl (C=O) groups is 2. The van der Waals surface area contributed by atoms with Crippen LogP contribution < -0.4 is 0 Å². The number of rotatable bonds is 3. The molecule has 1 aliphatic heterocycles. The molecule has 3 unspecified atom stereocenters. The van der Waals surface area contributed by atoms with E-state index >= 15 is 0 Å². The molecule has 0 spiro atoms. The second-order valence-electron chi connectivity index (χ2n) is 4.04. The second kappa shape index (κ2) is 4.18. The minimum atomic E-state index is -0.895. The molecule has 1 saturated carbocycles. The van der Waals surface area contributed by atoms with Crippen molar-refractivity contribution >= 4 is 11.9 Å². The molecule has 1 aliphatic carbocycles. The molecule has 0 radical (unpaired) electrons. The largest absolute Gasteiger partial charge is 0.481 e. The molecule has 3 atom stereocenters. The van der Waals surface area contributed by atoms with Crippen molar-refractivity contribution in [3.05, 3.63) is 0 Å². The smallest absolute Gasteiger partial charge is 0.312 e. The van der Waals surface area contributed by atoms with Crippen LogP contribution >= 0.6 is 0 Å². The highest BCUT2D eigenvalue weighted by molar-refractivity contribution is 5.81. The molecule has 5 heteroatoms. The van der Waals surface area contributed by atoms with Gasteiger partial charge in [0, 0.05) is 0 Å². The third-order valence-corrected chi connectivity index (χ3v) is 2.94. The molecule has 5 nitrogen and oxygen atoms in total. The normalized spacial score (nSPS) is 34.5. The van der Waals surface area contributed by atoms with Gasteiger partial charge in [-0.15, -0.1) is 0 Å². The maximum atomic E-state index is 11.6. The molecule has 0 bridgehead atoms. The Balaban J connectivity index is 1.96. The van der Waals surface area contributed by atoms with Crippen LogP contribution in [-0.4, -0.2) is 29.9 Å². The van der Waals surface area contributed by atoms with Crippen LogP contribution in [0.25, 0.3) is 0 Å². The lowest BCUT2D eigenvalue weighted by atomic mass is 9.79. The minimum Gasteiger partial charge on any atom is -0.481 e. The van der Waals surface area contributed by atoms with Crippen LogP contribution in [-0.2, 0) is 19.1 Å². The number of esters is 1. The Morgan fingerprint density at radius 2 is 1.80 bits per heavy atom. The zero-order valence-electron chi connectivity index (χ0n) is 8.35. The van der Waals surface area contributed by atoms with E-state index in [4.69, 9.17) is 14.6 Å². The van der Waals surface area contributed by atoms with Crippen molar-refractivity contribution in [1.82, 2.24) is 0 Å². The first-order valence-corrected chi connectivity index (χ1v) is 5.23. The quantitative estimate of drug-likeness (QED) is 0.555. The molecule has 1 N–H and O–H groups in total. The van der Waals surface area contributed by atoms with E-state index in [9.17, 15) is 9.59 Å². The van der Waals surface area contributed by atoms with E-state index in [0.717, 1.165) is 12.8 Å². The zero-order valence-corrected chi connectivity index (χ0v) is 8.35. The van der Waals surface area contributed by atoms with Crippen molar-refractivity contribution in [3.63, 3.8) is 0 Å². The predicted molar refractivity (Wildman–Crippen MR) is 48.9 cm³/mol. The van der Waals surface area contributed by atoms with Crippen LogP contribution in [0.5, 0.6) is 0 Å². The summed E-state index contributed by atoms with van der Waals surface area (Å²) < 4.78 is 9.73. The lowest BCUT2D eigenvalue weighted by Gasteiger charge is -2.26. The Morgan fingerprint density at radius 3 is 2.33 bits per heavy atom. The highest BCUT2D eigenvalue weighted by Crippen LogP contribution is 2.32. The molecule has 2 rings (SSSR count). The fourth-order valence-corrected chi connectivity index (χ4v) is 2.03. The molecule has 1 saturated heterocycles. The molecule has 0 aromatic carbocycles. The van der Waals surface area contributed by atoms with Gasteiger partial charge in [-0.2, -0.15) is 0 Å². The fraction of sp³-hybridized carbons (Fsp3) is 0.800. The molecular formula is C10H14O5. The number of carboxylic acid groups (broad SMARTS) is 1. The van der Waals surface area contributed by atoms with Gasteiger partial charge in [-0.25, -0.2) is 0 Å². The monoisotopic (exact) mass is 214 g/mol. The maximum Gasteiger partial charge on any atom is 0.312 e. The van der Waals surface area contributed by atoms with Crippen molar-refractivity contribution in [2.45, 2.75) is 32.0 Å². The standard InChI is InChI=1S/C10H14O5/c11-9(12)6-3-1-2-4-7(6)10(13)15-8-5-14-8/h6-8H,1-5H2,(H,11,12). The topological polar surface area (TPSA) is 76.1 Å². The predicted octanol–water partition coefficient (Wildman–Crippen LogP) is 0.777. The van der Waals surface area contributed by atoms with Crippen LogP contribution in [0.2, 0.25) is 0 Å². The van der Waals surface area contributed by atoms with Crippen molar-refractivity contribution in [1.29, 1.82) is 0 Å². The van der Waals surface area contributed by atoms with Gasteiger partial charge >= 0.3 is 11.9 Å². The van der Waals surface area contributed by atoms with E-state index in [0.29, 0.717) is 19.4 Å². The van der Waals surface area contributed by atoms with Crippen LogP contribution in [0.1, 0.15) is 25.7 Å². The molecular weight excluding hydrogens is 200 g/mol. The Kier molecular flexibility index (Phi) is 2.90. The minimum absolute atomic E-state index is 0.412. The molecule has 0 aromatic rings. The van der Waals surface area contributed by atoms with Gasteiger partial charge in [0.25, 0.3) is 0 Å². The maximum absolute atomic E-state index is 11.6. The lowest BCUT2D eigenvalue weighted by Crippen LogP contribution is -2.34. The van der Waals surface area contributed by atoms with Crippen LogP contribution in [0.4, 0.5) is 0 Å². The number of hydrogen-bond donors (Lipinski definition) is 1. The fourth-order valence-electron chi connectivity index (χ4n) is 2.03. The highest BCUT2D eigenvalue weighted by atomic mass is 16.8. The van der Waals surface area contributed by atoms with Crippen molar-refractivity contribution in [3.8, 4) is 0 Å². The molecule has 0 amide bonds. The van der Waals surface area contributed by atoms with E-state index in [1.807, 2.05) is 0 Å². The van der Waals surface area contributed by atoms with Gasteiger partial charge < -0.3 is 14.6 Å². The van der Waals surface area contributed by atoms with E-state index in [2.05, 4.69) is 0 Å². The van der Waals surface area contributed by atoms with E-state index in [1.165, 1.54) is 0 Å². The van der Waals surface area contributed by atoms with E-state index in [1.54, 1.807) is 0 Å². The zero-order chi connectivity index (χ0) is 10.8. The summed E-state index contributed by atoms with van der Waals surface area (Å²) in [6, 6.07) is 0. The van der Waals surface area contributed by atoms with Gasteiger partial charge in [0.15, 0.2) is 0 Å². The number of ether oxygens (including phenoxy) is 2. The second-order valence-corrected chi connectivity index (χ2v) is 4.04. The molecule has 84 valence electrons. The third kappa shape index (κ3) is 2.47. The summed E-state index contributed by atoms with van der Waals surface area (Å²) in [5, 5.41) is 8.97. The summed E-state index contributed by atoms with van der Waals surface area (Å²) in [4.78, 5) is 22.5. The number of aliphatic carboxylic acids is 1. The van der Waals surface area contributed by atoms with E-state index in [-0.39, 0.29) is 0 Å². The number of carboxylic acids is 1. The number of epoxide rings is 1. The Morgan fingerprint density at radius 1 is 1.20 bits per heavy atom. The average Bonchev–Trinajstić information content (AvgIpc) is 3.01. The van der Waals surface area contributed by atoms with Crippen molar-refractivity contribution in [2.75, 3.05) is 6.61 Å². The van der Waals surface area contributed by atoms with E-state index < -0.39 is 30.1 Å². The Hall–Kier alpha value is -1.10. The Bertz CT molecular complexity index is 271. The Labute approximate surface area is 87.4 Å². The number of carbonyl (C=O) groups excluding carboxylic acids is 1. The summed E-state index contributed by atoms with van der Waals surface area (Å²) in [5.41, 5.74) is 0. The lowest BCUT2D eigenvalue weighted by molar-refractivity contribution is -0.163. The first-order valence-electron chi connectivity index (χ1n) is 5.23. The summed E-state index contributed by atoms with van der Waals surface area (Å²) in [6.45, 7) is 0.441. The molecule has 1 heterocycles. The molecule has 15 heavy (non-hydrogen) atoms. The van der Waals surface area contributed by atoms with Gasteiger partial charge in [0.1, 0.15) is 6.61 Å². The summed E-state index contributed by atoms with van der Waals surface area (Å²) >= 11 is 0. The third-order valence-electron chi connectivity index (χ3n) is 2.94. The summed E-state index contributed by atoms with van der Waals surface area (Å²) in [7, 11) is 0. The number of hydrogen-bond acceptors (Lipinski definition) is 4. The SMILES string of the molecule is O=C(O)C1CCCCC1C(=O)OC1CO1. The first-order chi connectivity index (χ1) is 7.18. The van der Waals surface area contributed by atoms with Crippen LogP contribution in [0, 0.1) is 11.8 Å². The molecule has 2 aliphatic rings. The summed E-state index contributed by atoms with van der Waals surface area (Å²) in [6.07, 6.45) is 2.53. The molecule has 0 aromatic heterocycles. The van der Waals surface area contributed by atoms with Gasteiger partial charge in [-0.3, -0.25) is 9.59 Å². The first kappa shape index (κ1) is 10.4. The van der Waals surface area contributed by atoms with Gasteiger partial charge in [-0.05, 0) is 12.8 Å². The van der Waals surface area contributed by atoms with Crippen LogP contribution in [0.15, 0.2) is 0 Å². The molecule has 2 fully saturated rings. The highest BCUT2D eigenvalue weighted by Gasteiger charge is 2.39. The van der Waals surface area contributed by atoms with Crippen LogP contribution in [0.3, 0.4) is 0 Å². The van der Waals surface area contributed by atoms with Gasteiger partial charge in [0.05, 0.1) is 11.8 Å².